The molecular formula is C22H21Cl2N5O4S. The monoisotopic (exact) mass is 521 g/mol. The molecule has 12 heteroatoms. The number of anilines is 1. The minimum atomic E-state index is -0.449. The van der Waals surface area contributed by atoms with E-state index in [1.807, 2.05) is 11.5 Å². The molecule has 3 aromatic rings. The molecule has 2 N–H and O–H groups in total. The van der Waals surface area contributed by atoms with Crippen LogP contribution in [0.15, 0.2) is 47.6 Å². The van der Waals surface area contributed by atoms with Crippen LogP contribution < -0.4 is 10.6 Å². The van der Waals surface area contributed by atoms with E-state index in [2.05, 4.69) is 25.6 Å². The van der Waals surface area contributed by atoms with Gasteiger partial charge in [-0.2, -0.15) is 0 Å². The van der Waals surface area contributed by atoms with E-state index in [0.29, 0.717) is 39.4 Å². The van der Waals surface area contributed by atoms with Gasteiger partial charge in [-0.25, -0.2) is 4.79 Å². The molecule has 2 amide bonds. The zero-order chi connectivity index (χ0) is 24.7. The minimum absolute atomic E-state index is 0.101. The molecule has 0 spiro atoms. The second kappa shape index (κ2) is 11.9. The summed E-state index contributed by atoms with van der Waals surface area (Å²) in [5.41, 5.74) is 1.25. The molecule has 3 rings (SSSR count). The number of hydrogen-bond acceptors (Lipinski definition) is 7. The fraction of sp³-hybridized carbons (Fsp3) is 0.227. The number of nitrogens with zero attached hydrogens (tertiary/aromatic N) is 3. The van der Waals surface area contributed by atoms with Crippen molar-refractivity contribution in [1.82, 2.24) is 20.1 Å². The summed E-state index contributed by atoms with van der Waals surface area (Å²) in [4.78, 5) is 36.3. The second-order valence-electron chi connectivity index (χ2n) is 6.86. The Labute approximate surface area is 210 Å². The number of methoxy groups -OCH3 is 1. The molecule has 0 saturated heterocycles. The van der Waals surface area contributed by atoms with Crippen LogP contribution >= 0.6 is 35.0 Å². The van der Waals surface area contributed by atoms with E-state index in [9.17, 15) is 14.4 Å². The lowest BCUT2D eigenvalue weighted by molar-refractivity contribution is -0.113. The number of carbonyl (C=O) groups excluding carboxylic acids is 3. The molecule has 34 heavy (non-hydrogen) atoms. The van der Waals surface area contributed by atoms with E-state index >= 15 is 0 Å². The van der Waals surface area contributed by atoms with E-state index < -0.39 is 5.97 Å². The van der Waals surface area contributed by atoms with Crippen molar-refractivity contribution < 1.29 is 19.1 Å². The first-order valence-electron chi connectivity index (χ1n) is 10.1. The van der Waals surface area contributed by atoms with Gasteiger partial charge in [0.1, 0.15) is 0 Å². The molecule has 178 valence electrons. The van der Waals surface area contributed by atoms with Crippen molar-refractivity contribution >= 4 is 58.4 Å². The number of nitrogens with one attached hydrogen (secondary N) is 2. The molecule has 2 aromatic carbocycles. The first kappa shape index (κ1) is 25.5. The van der Waals surface area contributed by atoms with Crippen LogP contribution in [0.2, 0.25) is 10.0 Å². The third-order valence-corrected chi connectivity index (χ3v) is 6.13. The number of benzene rings is 2. The molecule has 0 saturated carbocycles. The van der Waals surface area contributed by atoms with Crippen molar-refractivity contribution in [3.05, 3.63) is 69.5 Å². The molecule has 9 nitrogen and oxygen atoms in total. The third kappa shape index (κ3) is 6.49. The molecule has 0 aliphatic heterocycles. The molecule has 0 radical (unpaired) electrons. The summed E-state index contributed by atoms with van der Waals surface area (Å²) < 4.78 is 6.46. The highest BCUT2D eigenvalue weighted by Gasteiger charge is 2.16. The standard InChI is InChI=1S/C22H21Cl2N5O4S/c1-3-29-18(11-25-20(31)16-9-6-14(23)10-17(16)24)27-28-22(29)34-12-19(30)26-15-7-4-13(5-8-15)21(32)33-2/h4-10H,3,11-12H2,1-2H3,(H,25,31)(H,26,30). The maximum absolute atomic E-state index is 12.4. The Balaban J connectivity index is 1.56. The quantitative estimate of drug-likeness (QED) is 0.322. The summed E-state index contributed by atoms with van der Waals surface area (Å²) in [6.45, 7) is 2.61. The van der Waals surface area contributed by atoms with E-state index in [1.54, 1.807) is 36.4 Å². The average Bonchev–Trinajstić information content (AvgIpc) is 3.23. The van der Waals surface area contributed by atoms with Crippen LogP contribution in [0.25, 0.3) is 0 Å². The van der Waals surface area contributed by atoms with Crippen LogP contribution in [0.4, 0.5) is 5.69 Å². The molecule has 1 heterocycles. The van der Waals surface area contributed by atoms with E-state index in [0.717, 1.165) is 0 Å². The second-order valence-corrected chi connectivity index (χ2v) is 8.64. The number of thioether (sulfide) groups is 1. The Bertz CT molecular complexity index is 1200. The van der Waals surface area contributed by atoms with Crippen molar-refractivity contribution in [3.8, 4) is 0 Å². The van der Waals surface area contributed by atoms with E-state index in [1.165, 1.54) is 24.9 Å². The molecule has 0 aliphatic rings. The zero-order valence-electron chi connectivity index (χ0n) is 18.3. The summed E-state index contributed by atoms with van der Waals surface area (Å²) in [6.07, 6.45) is 0. The average molecular weight is 522 g/mol. The molecule has 1 aromatic heterocycles. The van der Waals surface area contributed by atoms with Gasteiger partial charge in [0.05, 0.1) is 35.6 Å². The van der Waals surface area contributed by atoms with Gasteiger partial charge in [-0.15, -0.1) is 10.2 Å². The minimum Gasteiger partial charge on any atom is -0.465 e. The van der Waals surface area contributed by atoms with E-state index in [-0.39, 0.29) is 29.1 Å². The Morgan fingerprint density at radius 1 is 1.09 bits per heavy atom. The van der Waals surface area contributed by atoms with Crippen molar-refractivity contribution in [2.75, 3.05) is 18.2 Å². The zero-order valence-corrected chi connectivity index (χ0v) is 20.6. The predicted octanol–water partition coefficient (Wildman–Crippen LogP) is 4.05. The van der Waals surface area contributed by atoms with Crippen molar-refractivity contribution in [2.24, 2.45) is 0 Å². The first-order valence-corrected chi connectivity index (χ1v) is 11.8. The van der Waals surface area contributed by atoms with Crippen LogP contribution in [0.5, 0.6) is 0 Å². The van der Waals surface area contributed by atoms with Crippen LogP contribution in [0, 0.1) is 0 Å². The smallest absolute Gasteiger partial charge is 0.337 e. The van der Waals surface area contributed by atoms with Gasteiger partial charge in [0.15, 0.2) is 11.0 Å². The Morgan fingerprint density at radius 2 is 1.82 bits per heavy atom. The summed E-state index contributed by atoms with van der Waals surface area (Å²) in [7, 11) is 1.30. The van der Waals surface area contributed by atoms with Gasteiger partial charge in [-0.3, -0.25) is 9.59 Å². The fourth-order valence-electron chi connectivity index (χ4n) is 2.94. The first-order chi connectivity index (χ1) is 16.3. The SMILES string of the molecule is CCn1c(CNC(=O)c2ccc(Cl)cc2Cl)nnc1SCC(=O)Nc1ccc(C(=O)OC)cc1. The highest BCUT2D eigenvalue weighted by Crippen LogP contribution is 2.21. The number of rotatable bonds is 9. The Kier molecular flexibility index (Phi) is 8.91. The molecule has 0 unspecified atom stereocenters. The third-order valence-electron chi connectivity index (χ3n) is 4.61. The van der Waals surface area contributed by atoms with Crippen LogP contribution in [0.3, 0.4) is 0 Å². The maximum atomic E-state index is 12.4. The Hall–Kier alpha value is -3.08. The highest BCUT2D eigenvalue weighted by molar-refractivity contribution is 7.99. The summed E-state index contributed by atoms with van der Waals surface area (Å²) in [6, 6.07) is 11.0. The van der Waals surface area contributed by atoms with Gasteiger partial charge < -0.3 is 19.9 Å². The number of amides is 2. The summed E-state index contributed by atoms with van der Waals surface area (Å²) >= 11 is 13.2. The van der Waals surface area contributed by atoms with Crippen molar-refractivity contribution in [2.45, 2.75) is 25.2 Å². The number of halogens is 2. The highest BCUT2D eigenvalue weighted by atomic mass is 35.5. The molecule has 0 bridgehead atoms. The van der Waals surface area contributed by atoms with Gasteiger partial charge >= 0.3 is 5.97 Å². The van der Waals surface area contributed by atoms with Crippen molar-refractivity contribution in [1.29, 1.82) is 0 Å². The lowest BCUT2D eigenvalue weighted by Gasteiger charge is -2.09. The molecule has 0 aliphatic carbocycles. The van der Waals surface area contributed by atoms with Gasteiger partial charge in [0, 0.05) is 17.3 Å². The van der Waals surface area contributed by atoms with Gasteiger partial charge in [0.25, 0.3) is 5.91 Å². The van der Waals surface area contributed by atoms with Gasteiger partial charge in [-0.05, 0) is 49.4 Å². The van der Waals surface area contributed by atoms with Crippen LogP contribution in [0.1, 0.15) is 33.5 Å². The van der Waals surface area contributed by atoms with E-state index in [4.69, 9.17) is 23.2 Å². The van der Waals surface area contributed by atoms with Gasteiger partial charge in [-0.1, -0.05) is 35.0 Å². The Morgan fingerprint density at radius 3 is 2.47 bits per heavy atom. The summed E-state index contributed by atoms with van der Waals surface area (Å²) in [5, 5.41) is 15.0. The predicted molar refractivity (Wildman–Crippen MR) is 130 cm³/mol. The van der Waals surface area contributed by atoms with Crippen LogP contribution in [-0.2, 0) is 22.6 Å². The number of hydrogen-bond donors (Lipinski definition) is 2. The molecule has 0 atom stereocenters. The maximum Gasteiger partial charge on any atom is 0.337 e. The molecule has 0 fully saturated rings. The number of aromatic nitrogens is 3. The normalized spacial score (nSPS) is 10.6. The fourth-order valence-corrected chi connectivity index (χ4v) is 4.25. The number of ether oxygens (including phenoxy) is 1. The number of esters is 1. The van der Waals surface area contributed by atoms with Crippen LogP contribution in [-0.4, -0.2) is 45.4 Å². The lowest BCUT2D eigenvalue weighted by atomic mass is 10.2. The molecular weight excluding hydrogens is 501 g/mol. The lowest BCUT2D eigenvalue weighted by Crippen LogP contribution is -2.25. The van der Waals surface area contributed by atoms with Gasteiger partial charge in [0.2, 0.25) is 5.91 Å². The topological polar surface area (TPSA) is 115 Å². The number of carbonyl (C=O) groups is 3. The van der Waals surface area contributed by atoms with Crippen molar-refractivity contribution in [3.63, 3.8) is 0 Å². The largest absolute Gasteiger partial charge is 0.465 e. The summed E-state index contributed by atoms with van der Waals surface area (Å²) in [5.74, 6) is -0.408.